The number of aliphatic carboxylic acids is 1. The molecule has 3 rings (SSSR count). The van der Waals surface area contributed by atoms with E-state index >= 15 is 0 Å². The molecular formula is C25H34BNO5. The summed E-state index contributed by atoms with van der Waals surface area (Å²) in [5.74, 6) is -0.912. The Balaban J connectivity index is 1.67. The largest absolute Gasteiger partial charge is 0.481 e. The average Bonchev–Trinajstić information content (AvgIpc) is 2.79. The van der Waals surface area contributed by atoms with Crippen molar-refractivity contribution in [3.63, 3.8) is 0 Å². The van der Waals surface area contributed by atoms with E-state index in [1.54, 1.807) is 13.7 Å². The van der Waals surface area contributed by atoms with Crippen LogP contribution in [0.1, 0.15) is 38.2 Å². The third kappa shape index (κ3) is 7.17. The lowest BCUT2D eigenvalue weighted by atomic mass is 9.78. The summed E-state index contributed by atoms with van der Waals surface area (Å²) in [5, 5.41) is 23.0. The highest BCUT2D eigenvalue weighted by atomic mass is 16.7. The SMILES string of the molecule is CB(O)N[C@H](Cc1ccc(-c2ccccc2)cc1)C[C@@](C)(COC1CCCCO1)C(=O)O. The molecule has 0 aromatic heterocycles. The molecule has 3 N–H and O–H groups in total. The first-order valence-electron chi connectivity index (χ1n) is 11.4. The van der Waals surface area contributed by atoms with Gasteiger partial charge in [-0.1, -0.05) is 54.6 Å². The molecule has 1 fully saturated rings. The normalized spacial score (nSPS) is 19.2. The van der Waals surface area contributed by atoms with Crippen molar-refractivity contribution < 1.29 is 24.4 Å². The Bertz CT molecular complexity index is 839. The molecule has 2 aromatic rings. The van der Waals surface area contributed by atoms with E-state index in [4.69, 9.17) is 9.47 Å². The minimum absolute atomic E-state index is 0.0674. The van der Waals surface area contributed by atoms with E-state index in [0.29, 0.717) is 19.4 Å². The van der Waals surface area contributed by atoms with Crippen molar-refractivity contribution in [1.82, 2.24) is 5.23 Å². The number of carbonyl (C=O) groups is 1. The van der Waals surface area contributed by atoms with Crippen molar-refractivity contribution in [3.05, 3.63) is 60.2 Å². The van der Waals surface area contributed by atoms with Gasteiger partial charge < -0.3 is 24.8 Å². The van der Waals surface area contributed by atoms with Crippen molar-refractivity contribution in [3.8, 4) is 11.1 Å². The second kappa shape index (κ2) is 11.6. The zero-order chi connectivity index (χ0) is 23.0. The molecule has 0 spiro atoms. The summed E-state index contributed by atoms with van der Waals surface area (Å²) in [4.78, 5) is 12.2. The number of carboxylic acid groups (broad SMARTS) is 1. The van der Waals surface area contributed by atoms with Gasteiger partial charge in [0, 0.05) is 12.6 Å². The fourth-order valence-electron chi connectivity index (χ4n) is 4.15. The van der Waals surface area contributed by atoms with Gasteiger partial charge in [-0.05, 0) is 62.5 Å². The molecule has 1 saturated heterocycles. The van der Waals surface area contributed by atoms with Crippen LogP contribution in [0.4, 0.5) is 0 Å². The number of nitrogens with one attached hydrogen (secondary N) is 1. The maximum absolute atomic E-state index is 12.2. The zero-order valence-electron chi connectivity index (χ0n) is 19.0. The lowest BCUT2D eigenvalue weighted by molar-refractivity contribution is -0.187. The number of carboxylic acids is 1. The maximum atomic E-state index is 12.2. The fraction of sp³-hybridized carbons (Fsp3) is 0.480. The van der Waals surface area contributed by atoms with E-state index in [-0.39, 0.29) is 18.9 Å². The summed E-state index contributed by atoms with van der Waals surface area (Å²) >= 11 is 0. The van der Waals surface area contributed by atoms with Gasteiger partial charge in [0.05, 0.1) is 12.0 Å². The Kier molecular flexibility index (Phi) is 8.88. The van der Waals surface area contributed by atoms with E-state index in [1.165, 1.54) is 0 Å². The quantitative estimate of drug-likeness (QED) is 0.459. The van der Waals surface area contributed by atoms with Gasteiger partial charge in [0.2, 0.25) is 0 Å². The van der Waals surface area contributed by atoms with Crippen LogP contribution in [0.5, 0.6) is 0 Å². The maximum Gasteiger partial charge on any atom is 0.373 e. The standard InChI is InChI=1S/C25H34BNO5/c1-25(24(28)29,18-32-23-10-6-7-15-31-23)17-22(27-26(2)30)16-19-11-13-21(14-12-19)20-8-4-3-5-9-20/h3-5,8-9,11-14,22-23,27,30H,6-7,10,15-18H2,1-2H3,(H,28,29)/t22-,23?,25+/m1/s1. The number of hydrogen-bond donors (Lipinski definition) is 3. The topological polar surface area (TPSA) is 88.0 Å². The summed E-state index contributed by atoms with van der Waals surface area (Å²) in [7, 11) is -0.746. The van der Waals surface area contributed by atoms with Crippen LogP contribution in [0, 0.1) is 5.41 Å². The molecule has 3 atom stereocenters. The number of rotatable bonds is 11. The lowest BCUT2D eigenvalue weighted by Gasteiger charge is -2.32. The third-order valence-electron chi connectivity index (χ3n) is 5.96. The highest BCUT2D eigenvalue weighted by Gasteiger charge is 2.37. The second-order valence-electron chi connectivity index (χ2n) is 8.98. The molecule has 1 unspecified atom stereocenters. The summed E-state index contributed by atoms with van der Waals surface area (Å²) in [6.07, 6.45) is 3.41. The zero-order valence-corrected chi connectivity index (χ0v) is 19.0. The van der Waals surface area contributed by atoms with E-state index < -0.39 is 18.4 Å². The van der Waals surface area contributed by atoms with Gasteiger partial charge in [-0.2, -0.15) is 0 Å². The van der Waals surface area contributed by atoms with E-state index in [0.717, 1.165) is 36.0 Å². The van der Waals surface area contributed by atoms with Crippen LogP contribution < -0.4 is 5.23 Å². The molecule has 0 radical (unpaired) electrons. The molecule has 2 aromatic carbocycles. The van der Waals surface area contributed by atoms with Crippen LogP contribution in [-0.4, -0.2) is 48.7 Å². The van der Waals surface area contributed by atoms with E-state index in [9.17, 15) is 14.9 Å². The van der Waals surface area contributed by atoms with Crippen molar-refractivity contribution >= 4 is 13.0 Å². The molecule has 172 valence electrons. The highest BCUT2D eigenvalue weighted by molar-refractivity contribution is 6.45. The van der Waals surface area contributed by atoms with Crippen molar-refractivity contribution in [2.75, 3.05) is 13.2 Å². The molecule has 6 nitrogen and oxygen atoms in total. The molecule has 0 bridgehead atoms. The minimum Gasteiger partial charge on any atom is -0.481 e. The van der Waals surface area contributed by atoms with E-state index in [2.05, 4.69) is 41.6 Å². The van der Waals surface area contributed by atoms with Crippen LogP contribution in [0.2, 0.25) is 6.82 Å². The van der Waals surface area contributed by atoms with Gasteiger partial charge in [-0.3, -0.25) is 4.79 Å². The molecule has 1 aliphatic heterocycles. The van der Waals surface area contributed by atoms with Crippen molar-refractivity contribution in [2.45, 2.75) is 58.2 Å². The molecule has 1 heterocycles. The Morgan fingerprint density at radius 3 is 2.47 bits per heavy atom. The number of ether oxygens (including phenoxy) is 2. The lowest BCUT2D eigenvalue weighted by Crippen LogP contribution is -2.47. The molecule has 0 aliphatic carbocycles. The smallest absolute Gasteiger partial charge is 0.373 e. The Morgan fingerprint density at radius 1 is 1.19 bits per heavy atom. The number of benzene rings is 2. The Labute approximate surface area is 191 Å². The summed E-state index contributed by atoms with van der Waals surface area (Å²) in [6, 6.07) is 18.2. The summed E-state index contributed by atoms with van der Waals surface area (Å²) in [5.41, 5.74) is 2.26. The summed E-state index contributed by atoms with van der Waals surface area (Å²) in [6.45, 7) is 4.07. The molecule has 0 amide bonds. The van der Waals surface area contributed by atoms with Crippen LogP contribution in [-0.2, 0) is 20.7 Å². The first-order chi connectivity index (χ1) is 15.4. The average molecular weight is 439 g/mol. The van der Waals surface area contributed by atoms with Crippen molar-refractivity contribution in [1.29, 1.82) is 0 Å². The Morgan fingerprint density at radius 2 is 1.88 bits per heavy atom. The first-order valence-corrected chi connectivity index (χ1v) is 11.4. The first kappa shape index (κ1) is 24.5. The van der Waals surface area contributed by atoms with Gasteiger partial charge in [0.1, 0.15) is 0 Å². The van der Waals surface area contributed by atoms with Crippen LogP contribution >= 0.6 is 0 Å². The Hall–Kier alpha value is -2.19. The molecule has 1 aliphatic rings. The van der Waals surface area contributed by atoms with Crippen LogP contribution in [0.3, 0.4) is 0 Å². The van der Waals surface area contributed by atoms with Gasteiger partial charge in [0.15, 0.2) is 6.29 Å². The van der Waals surface area contributed by atoms with Crippen LogP contribution in [0.25, 0.3) is 11.1 Å². The van der Waals surface area contributed by atoms with Gasteiger partial charge in [-0.15, -0.1) is 0 Å². The fourth-order valence-corrected chi connectivity index (χ4v) is 4.15. The highest BCUT2D eigenvalue weighted by Crippen LogP contribution is 2.28. The molecule has 7 heteroatoms. The van der Waals surface area contributed by atoms with Gasteiger partial charge >= 0.3 is 13.0 Å². The molecular weight excluding hydrogens is 405 g/mol. The van der Waals surface area contributed by atoms with Crippen molar-refractivity contribution in [2.24, 2.45) is 5.41 Å². The van der Waals surface area contributed by atoms with Gasteiger partial charge in [0.25, 0.3) is 0 Å². The van der Waals surface area contributed by atoms with Crippen LogP contribution in [0.15, 0.2) is 54.6 Å². The third-order valence-corrected chi connectivity index (χ3v) is 5.96. The predicted molar refractivity (Wildman–Crippen MR) is 126 cm³/mol. The summed E-state index contributed by atoms with van der Waals surface area (Å²) < 4.78 is 11.4. The minimum atomic E-state index is -1.10. The van der Waals surface area contributed by atoms with Gasteiger partial charge in [-0.25, -0.2) is 0 Å². The molecule has 0 saturated carbocycles. The monoisotopic (exact) mass is 439 g/mol. The molecule has 32 heavy (non-hydrogen) atoms. The predicted octanol–water partition coefficient (Wildman–Crippen LogP) is 3.99. The number of hydrogen-bond acceptors (Lipinski definition) is 5. The second-order valence-corrected chi connectivity index (χ2v) is 8.98. The van der Waals surface area contributed by atoms with E-state index in [1.807, 2.05) is 18.2 Å².